The third kappa shape index (κ3) is 2.51. The normalized spacial score (nSPS) is 13.9. The van der Waals surface area contributed by atoms with Crippen LogP contribution in [-0.2, 0) is 9.53 Å². The number of benzene rings is 1. The van der Waals surface area contributed by atoms with Crippen LogP contribution in [0.1, 0.15) is 19.9 Å². The molecule has 0 aliphatic carbocycles. The van der Waals surface area contributed by atoms with E-state index in [1.807, 2.05) is 0 Å². The third-order valence-corrected chi connectivity index (χ3v) is 3.51. The molecule has 0 saturated heterocycles. The average molecular weight is 294 g/mol. The molecule has 0 fully saturated rings. The molecule has 0 amide bonds. The number of oxazole rings is 1. The van der Waals surface area contributed by atoms with Gasteiger partial charge >= 0.3 is 11.7 Å². The van der Waals surface area contributed by atoms with Crippen LogP contribution in [0.3, 0.4) is 0 Å². The number of fused-ring (bicyclic) bond motifs is 1. The minimum Gasteiger partial charge on any atom is -0.469 e. The quantitative estimate of drug-likeness (QED) is 0.484. The predicted molar refractivity (Wildman–Crippen MR) is 73.0 cm³/mol. The van der Waals surface area contributed by atoms with Crippen LogP contribution >= 0.6 is 0 Å². The van der Waals surface area contributed by atoms with Gasteiger partial charge in [0.2, 0.25) is 0 Å². The van der Waals surface area contributed by atoms with Crippen molar-refractivity contribution in [3.63, 3.8) is 0 Å². The van der Waals surface area contributed by atoms with E-state index < -0.39 is 28.6 Å². The minimum absolute atomic E-state index is 0.157. The highest BCUT2D eigenvalue weighted by atomic mass is 16.6. The summed E-state index contributed by atoms with van der Waals surface area (Å²) in [6.07, 6.45) is 0. The summed E-state index contributed by atoms with van der Waals surface area (Å²) >= 11 is 0. The molecule has 8 nitrogen and oxygen atoms in total. The van der Waals surface area contributed by atoms with E-state index in [1.165, 1.54) is 29.9 Å². The van der Waals surface area contributed by atoms with E-state index in [0.717, 1.165) is 0 Å². The van der Waals surface area contributed by atoms with E-state index in [0.29, 0.717) is 0 Å². The van der Waals surface area contributed by atoms with Crippen molar-refractivity contribution in [2.75, 3.05) is 7.11 Å². The molecular formula is C13H14N2O6. The number of methoxy groups -OCH3 is 1. The number of hydrogen-bond acceptors (Lipinski definition) is 6. The van der Waals surface area contributed by atoms with Crippen molar-refractivity contribution in [1.82, 2.24) is 4.57 Å². The van der Waals surface area contributed by atoms with Crippen molar-refractivity contribution < 1.29 is 18.9 Å². The lowest BCUT2D eigenvalue weighted by Crippen LogP contribution is -2.28. The number of nitro groups is 1. The van der Waals surface area contributed by atoms with Gasteiger partial charge in [-0.05, 0) is 19.9 Å². The predicted octanol–water partition coefficient (Wildman–Crippen LogP) is 1.87. The van der Waals surface area contributed by atoms with E-state index in [4.69, 9.17) is 4.42 Å². The first-order valence-corrected chi connectivity index (χ1v) is 6.24. The molecule has 0 aliphatic rings. The second-order valence-electron chi connectivity index (χ2n) is 4.70. The Bertz CT molecular complexity index is 760. The van der Waals surface area contributed by atoms with Gasteiger partial charge in [0.05, 0.1) is 29.5 Å². The summed E-state index contributed by atoms with van der Waals surface area (Å²) < 4.78 is 10.9. The smallest absolute Gasteiger partial charge is 0.420 e. The highest BCUT2D eigenvalue weighted by Crippen LogP contribution is 2.26. The first kappa shape index (κ1) is 14.8. The second-order valence-corrected chi connectivity index (χ2v) is 4.70. The monoisotopic (exact) mass is 294 g/mol. The highest BCUT2D eigenvalue weighted by Gasteiger charge is 2.26. The molecule has 2 aromatic rings. The molecule has 2 atom stereocenters. The van der Waals surface area contributed by atoms with Gasteiger partial charge in [0.25, 0.3) is 5.69 Å². The average Bonchev–Trinajstić information content (AvgIpc) is 2.79. The van der Waals surface area contributed by atoms with Gasteiger partial charge in [-0.15, -0.1) is 0 Å². The van der Waals surface area contributed by atoms with Crippen molar-refractivity contribution >= 4 is 22.8 Å². The Hall–Kier alpha value is -2.64. The summed E-state index contributed by atoms with van der Waals surface area (Å²) in [7, 11) is 1.26. The number of ether oxygens (including phenoxy) is 1. The number of carbonyl (C=O) groups is 1. The summed E-state index contributed by atoms with van der Waals surface area (Å²) in [5, 5.41) is 10.8. The number of non-ortho nitro benzene ring substituents is 1. The first-order chi connectivity index (χ1) is 9.86. The van der Waals surface area contributed by atoms with E-state index in [-0.39, 0.29) is 16.8 Å². The van der Waals surface area contributed by atoms with Crippen molar-refractivity contribution in [3.05, 3.63) is 38.9 Å². The fraction of sp³-hybridized carbons (Fsp3) is 0.385. The fourth-order valence-electron chi connectivity index (χ4n) is 2.13. The summed E-state index contributed by atoms with van der Waals surface area (Å²) in [5.74, 6) is -1.75. The van der Waals surface area contributed by atoms with Crippen LogP contribution in [0.2, 0.25) is 0 Å². The standard InChI is InChI=1S/C13H14N2O6/c1-7(12(16)20-3)8(2)14-10-6-9(15(18)19)4-5-11(10)21-13(14)17/h4-8H,1-3H3. The molecule has 0 bridgehead atoms. The maximum Gasteiger partial charge on any atom is 0.420 e. The number of carbonyl (C=O) groups excluding carboxylic acids is 1. The third-order valence-electron chi connectivity index (χ3n) is 3.51. The highest BCUT2D eigenvalue weighted by molar-refractivity contribution is 5.77. The van der Waals surface area contributed by atoms with E-state index in [1.54, 1.807) is 13.8 Å². The number of aromatic nitrogens is 1. The number of esters is 1. The molecule has 0 N–H and O–H groups in total. The molecule has 2 unspecified atom stereocenters. The van der Waals surface area contributed by atoms with Gasteiger partial charge in [0, 0.05) is 12.1 Å². The summed E-state index contributed by atoms with van der Waals surface area (Å²) in [4.78, 5) is 33.8. The zero-order chi connectivity index (χ0) is 15.7. The molecule has 112 valence electrons. The zero-order valence-electron chi connectivity index (χ0n) is 11.7. The molecule has 21 heavy (non-hydrogen) atoms. The summed E-state index contributed by atoms with van der Waals surface area (Å²) in [5.41, 5.74) is 0.349. The lowest BCUT2D eigenvalue weighted by Gasteiger charge is -2.18. The van der Waals surface area contributed by atoms with Crippen LogP contribution < -0.4 is 5.76 Å². The summed E-state index contributed by atoms with van der Waals surface area (Å²) in [6, 6.07) is 3.30. The van der Waals surface area contributed by atoms with Gasteiger partial charge in [-0.25, -0.2) is 4.79 Å². The molecule has 0 saturated carbocycles. The molecule has 1 aromatic heterocycles. The van der Waals surface area contributed by atoms with Crippen LogP contribution in [0.25, 0.3) is 11.1 Å². The second kappa shape index (κ2) is 5.39. The molecule has 8 heteroatoms. The maximum atomic E-state index is 12.0. The first-order valence-electron chi connectivity index (χ1n) is 6.24. The molecular weight excluding hydrogens is 280 g/mol. The molecule has 0 aliphatic heterocycles. The number of rotatable bonds is 4. The zero-order valence-corrected chi connectivity index (χ0v) is 11.7. The molecule has 1 aromatic carbocycles. The van der Waals surface area contributed by atoms with Crippen LogP contribution in [0, 0.1) is 16.0 Å². The minimum atomic E-state index is -0.672. The lowest BCUT2D eigenvalue weighted by atomic mass is 10.0. The summed E-state index contributed by atoms with van der Waals surface area (Å²) in [6.45, 7) is 3.26. The van der Waals surface area contributed by atoms with Crippen LogP contribution in [-0.4, -0.2) is 22.6 Å². The molecule has 1 heterocycles. The Balaban J connectivity index is 2.59. The number of hydrogen-bond donors (Lipinski definition) is 0. The Morgan fingerprint density at radius 2 is 2.10 bits per heavy atom. The molecule has 2 rings (SSSR count). The van der Waals surface area contributed by atoms with Crippen LogP contribution in [0.5, 0.6) is 0 Å². The Kier molecular flexibility index (Phi) is 3.79. The molecule has 0 spiro atoms. The van der Waals surface area contributed by atoms with Crippen molar-refractivity contribution in [2.45, 2.75) is 19.9 Å². The SMILES string of the molecule is COC(=O)C(C)C(C)n1c(=O)oc2ccc([N+](=O)[O-])cc21. The van der Waals surface area contributed by atoms with E-state index >= 15 is 0 Å². The van der Waals surface area contributed by atoms with E-state index in [2.05, 4.69) is 4.74 Å². The number of nitro benzene ring substituents is 1. The van der Waals surface area contributed by atoms with Crippen LogP contribution in [0.4, 0.5) is 5.69 Å². The van der Waals surface area contributed by atoms with Crippen LogP contribution in [0.15, 0.2) is 27.4 Å². The van der Waals surface area contributed by atoms with Gasteiger partial charge in [-0.3, -0.25) is 19.5 Å². The van der Waals surface area contributed by atoms with Gasteiger partial charge in [-0.2, -0.15) is 0 Å². The fourth-order valence-corrected chi connectivity index (χ4v) is 2.13. The van der Waals surface area contributed by atoms with E-state index in [9.17, 15) is 19.7 Å². The van der Waals surface area contributed by atoms with Crippen molar-refractivity contribution in [3.8, 4) is 0 Å². The van der Waals surface area contributed by atoms with Crippen molar-refractivity contribution in [2.24, 2.45) is 5.92 Å². The Morgan fingerprint density at radius 3 is 2.67 bits per heavy atom. The Labute approximate surface area is 119 Å². The molecule has 0 radical (unpaired) electrons. The lowest BCUT2D eigenvalue weighted by molar-refractivity contribution is -0.384. The van der Waals surface area contributed by atoms with Gasteiger partial charge < -0.3 is 9.15 Å². The van der Waals surface area contributed by atoms with Gasteiger partial charge in [0.15, 0.2) is 5.58 Å². The maximum absolute atomic E-state index is 12.0. The Morgan fingerprint density at radius 1 is 1.43 bits per heavy atom. The van der Waals surface area contributed by atoms with Gasteiger partial charge in [0.1, 0.15) is 0 Å². The van der Waals surface area contributed by atoms with Crippen molar-refractivity contribution in [1.29, 1.82) is 0 Å². The topological polar surface area (TPSA) is 105 Å². The largest absolute Gasteiger partial charge is 0.469 e. The van der Waals surface area contributed by atoms with Gasteiger partial charge in [-0.1, -0.05) is 0 Å². The number of nitrogens with zero attached hydrogens (tertiary/aromatic N) is 2.